The Morgan fingerprint density at radius 1 is 1.40 bits per heavy atom. The largest absolute Gasteiger partial charge is 0.464 e. The first-order chi connectivity index (χ1) is 9.54. The van der Waals surface area contributed by atoms with E-state index in [1.165, 1.54) is 18.0 Å². The molecule has 0 atom stereocenters. The van der Waals surface area contributed by atoms with Crippen molar-refractivity contribution >= 4 is 17.6 Å². The van der Waals surface area contributed by atoms with Gasteiger partial charge in [-0.05, 0) is 19.1 Å². The fourth-order valence-corrected chi connectivity index (χ4v) is 1.82. The van der Waals surface area contributed by atoms with Crippen molar-refractivity contribution in [1.82, 2.24) is 14.8 Å². The van der Waals surface area contributed by atoms with Crippen molar-refractivity contribution in [3.63, 3.8) is 0 Å². The van der Waals surface area contributed by atoms with E-state index in [2.05, 4.69) is 15.4 Å². The van der Waals surface area contributed by atoms with Crippen LogP contribution in [0.15, 0.2) is 24.5 Å². The monoisotopic (exact) mass is 274 g/mol. The molecule has 2 aromatic rings. The van der Waals surface area contributed by atoms with Crippen molar-refractivity contribution in [3.8, 4) is 0 Å². The molecule has 20 heavy (non-hydrogen) atoms. The second-order valence-corrected chi connectivity index (χ2v) is 4.12. The molecular formula is C13H14N4O3. The highest BCUT2D eigenvalue weighted by Gasteiger charge is 2.22. The number of hydrogen-bond donors (Lipinski definition) is 1. The fourth-order valence-electron chi connectivity index (χ4n) is 1.82. The minimum atomic E-state index is -0.561. The number of carbonyl (C=O) groups is 2. The third-order valence-corrected chi connectivity index (χ3v) is 2.76. The van der Waals surface area contributed by atoms with Gasteiger partial charge < -0.3 is 10.1 Å². The zero-order chi connectivity index (χ0) is 14.7. The number of amides is 1. The van der Waals surface area contributed by atoms with Crippen molar-refractivity contribution in [2.75, 3.05) is 12.4 Å². The Morgan fingerprint density at radius 3 is 2.75 bits per heavy atom. The van der Waals surface area contributed by atoms with Gasteiger partial charge in [0.2, 0.25) is 0 Å². The third-order valence-electron chi connectivity index (χ3n) is 2.76. The summed E-state index contributed by atoms with van der Waals surface area (Å²) in [7, 11) is 2.89. The number of esters is 1. The van der Waals surface area contributed by atoms with Gasteiger partial charge in [0.05, 0.1) is 24.1 Å². The lowest BCUT2D eigenvalue weighted by Gasteiger charge is -2.06. The molecule has 0 saturated carbocycles. The lowest BCUT2D eigenvalue weighted by atomic mass is 10.2. The molecule has 0 unspecified atom stereocenters. The van der Waals surface area contributed by atoms with Gasteiger partial charge in [0.15, 0.2) is 5.69 Å². The first-order valence-electron chi connectivity index (χ1n) is 5.88. The second-order valence-electron chi connectivity index (χ2n) is 4.12. The van der Waals surface area contributed by atoms with Crippen molar-refractivity contribution < 1.29 is 14.3 Å². The summed E-state index contributed by atoms with van der Waals surface area (Å²) in [6, 6.07) is 3.29. The SMILES string of the molecule is COC(=O)c1c(NC(=O)c2cccnc2)c(C)nn1C. The van der Waals surface area contributed by atoms with Crippen LogP contribution in [-0.2, 0) is 11.8 Å². The quantitative estimate of drug-likeness (QED) is 0.849. The summed E-state index contributed by atoms with van der Waals surface area (Å²) in [5.74, 6) is -0.922. The summed E-state index contributed by atoms with van der Waals surface area (Å²) in [5, 5.41) is 6.78. The highest BCUT2D eigenvalue weighted by Crippen LogP contribution is 2.21. The molecule has 7 heteroatoms. The van der Waals surface area contributed by atoms with E-state index >= 15 is 0 Å². The normalized spacial score (nSPS) is 10.2. The van der Waals surface area contributed by atoms with Crippen molar-refractivity contribution in [1.29, 1.82) is 0 Å². The van der Waals surface area contributed by atoms with Crippen LogP contribution in [0.2, 0.25) is 0 Å². The number of carbonyl (C=O) groups excluding carboxylic acids is 2. The van der Waals surface area contributed by atoms with E-state index in [4.69, 9.17) is 4.74 Å². The van der Waals surface area contributed by atoms with Gasteiger partial charge in [0.25, 0.3) is 5.91 Å². The van der Waals surface area contributed by atoms with E-state index in [-0.39, 0.29) is 11.6 Å². The third kappa shape index (κ3) is 2.51. The molecule has 2 aromatic heterocycles. The Hall–Kier alpha value is -2.70. The minimum absolute atomic E-state index is 0.197. The van der Waals surface area contributed by atoms with Crippen LogP contribution in [0.4, 0.5) is 5.69 Å². The topological polar surface area (TPSA) is 86.1 Å². The van der Waals surface area contributed by atoms with Gasteiger partial charge in [0, 0.05) is 19.4 Å². The first kappa shape index (κ1) is 13.7. The summed E-state index contributed by atoms with van der Waals surface area (Å²) in [4.78, 5) is 27.7. The molecule has 0 aliphatic heterocycles. The van der Waals surface area contributed by atoms with Gasteiger partial charge in [0.1, 0.15) is 0 Å². The number of aryl methyl sites for hydroxylation is 2. The maximum atomic E-state index is 12.1. The van der Waals surface area contributed by atoms with Gasteiger partial charge in [-0.15, -0.1) is 0 Å². The molecule has 0 saturated heterocycles. The average molecular weight is 274 g/mol. The number of rotatable bonds is 3. The lowest BCUT2D eigenvalue weighted by molar-refractivity contribution is 0.0589. The van der Waals surface area contributed by atoms with Crippen LogP contribution < -0.4 is 5.32 Å². The van der Waals surface area contributed by atoms with Gasteiger partial charge in [-0.25, -0.2) is 4.79 Å². The second kappa shape index (κ2) is 5.52. The van der Waals surface area contributed by atoms with Gasteiger partial charge in [-0.2, -0.15) is 5.10 Å². The Morgan fingerprint density at radius 2 is 2.15 bits per heavy atom. The Bertz CT molecular complexity index is 649. The first-order valence-corrected chi connectivity index (χ1v) is 5.88. The fraction of sp³-hybridized carbons (Fsp3) is 0.231. The number of aromatic nitrogens is 3. The standard InChI is InChI=1S/C13H14N4O3/c1-8-10(11(13(19)20-3)17(2)16-8)15-12(18)9-5-4-6-14-7-9/h4-7H,1-3H3,(H,15,18). The molecule has 0 spiro atoms. The molecular weight excluding hydrogens is 260 g/mol. The zero-order valence-electron chi connectivity index (χ0n) is 11.4. The molecule has 2 rings (SSSR count). The summed E-state index contributed by atoms with van der Waals surface area (Å²) in [5.41, 5.74) is 1.46. The molecule has 1 amide bonds. The van der Waals surface area contributed by atoms with Crippen LogP contribution in [0, 0.1) is 6.92 Å². The Labute approximate surface area is 115 Å². The molecule has 1 N–H and O–H groups in total. The Balaban J connectivity index is 2.34. The van der Waals surface area contributed by atoms with Gasteiger partial charge in [-0.1, -0.05) is 0 Å². The van der Waals surface area contributed by atoms with E-state index in [0.717, 1.165) is 0 Å². The van der Waals surface area contributed by atoms with Crippen LogP contribution in [0.25, 0.3) is 0 Å². The van der Waals surface area contributed by atoms with E-state index < -0.39 is 5.97 Å². The minimum Gasteiger partial charge on any atom is -0.464 e. The van der Waals surface area contributed by atoms with E-state index in [0.29, 0.717) is 16.9 Å². The molecule has 0 radical (unpaired) electrons. The van der Waals surface area contributed by atoms with Crippen LogP contribution in [0.3, 0.4) is 0 Å². The molecule has 0 aromatic carbocycles. The molecule has 104 valence electrons. The zero-order valence-corrected chi connectivity index (χ0v) is 11.4. The maximum Gasteiger partial charge on any atom is 0.358 e. The predicted molar refractivity (Wildman–Crippen MR) is 71.5 cm³/mol. The number of hydrogen-bond acceptors (Lipinski definition) is 5. The molecule has 0 bridgehead atoms. The summed E-state index contributed by atoms with van der Waals surface area (Å²) in [6.45, 7) is 1.70. The van der Waals surface area contributed by atoms with Crippen LogP contribution in [-0.4, -0.2) is 33.8 Å². The van der Waals surface area contributed by atoms with E-state index in [1.807, 2.05) is 0 Å². The predicted octanol–water partition coefficient (Wildman–Crippen LogP) is 1.16. The molecule has 0 aliphatic rings. The lowest BCUT2D eigenvalue weighted by Crippen LogP contribution is -2.16. The van der Waals surface area contributed by atoms with E-state index in [9.17, 15) is 9.59 Å². The Kier molecular flexibility index (Phi) is 3.79. The van der Waals surface area contributed by atoms with E-state index in [1.54, 1.807) is 32.3 Å². The molecule has 0 aliphatic carbocycles. The highest BCUT2D eigenvalue weighted by molar-refractivity contribution is 6.07. The molecule has 7 nitrogen and oxygen atoms in total. The summed E-state index contributed by atoms with van der Waals surface area (Å²) < 4.78 is 6.07. The number of ether oxygens (including phenoxy) is 1. The van der Waals surface area contributed by atoms with Gasteiger partial charge in [-0.3, -0.25) is 14.5 Å². The van der Waals surface area contributed by atoms with Crippen LogP contribution in [0.5, 0.6) is 0 Å². The highest BCUT2D eigenvalue weighted by atomic mass is 16.5. The maximum absolute atomic E-state index is 12.1. The smallest absolute Gasteiger partial charge is 0.358 e. The number of nitrogens with one attached hydrogen (secondary N) is 1. The van der Waals surface area contributed by atoms with Crippen molar-refractivity contribution in [2.45, 2.75) is 6.92 Å². The number of pyridine rings is 1. The molecule has 2 heterocycles. The van der Waals surface area contributed by atoms with Gasteiger partial charge >= 0.3 is 5.97 Å². The van der Waals surface area contributed by atoms with Crippen LogP contribution in [0.1, 0.15) is 26.5 Å². The van der Waals surface area contributed by atoms with Crippen molar-refractivity contribution in [3.05, 3.63) is 41.5 Å². The number of methoxy groups -OCH3 is 1. The van der Waals surface area contributed by atoms with Crippen molar-refractivity contribution in [2.24, 2.45) is 7.05 Å². The van der Waals surface area contributed by atoms with Crippen LogP contribution >= 0.6 is 0 Å². The number of nitrogens with zero attached hydrogens (tertiary/aromatic N) is 3. The average Bonchev–Trinajstić information content (AvgIpc) is 2.73. The number of anilines is 1. The summed E-state index contributed by atoms with van der Waals surface area (Å²) in [6.07, 6.45) is 3.02. The molecule has 0 fully saturated rings. The summed E-state index contributed by atoms with van der Waals surface area (Å²) >= 11 is 0.